The van der Waals surface area contributed by atoms with Crippen molar-refractivity contribution >= 4 is 22.8 Å². The lowest BCUT2D eigenvalue weighted by Gasteiger charge is -2.00. The van der Waals surface area contributed by atoms with E-state index in [1.165, 1.54) is 30.5 Å². The number of carbonyl (C=O) groups is 1. The van der Waals surface area contributed by atoms with Crippen LogP contribution in [0.4, 0.5) is 4.39 Å². The van der Waals surface area contributed by atoms with Crippen LogP contribution in [0.1, 0.15) is 21.5 Å². The van der Waals surface area contributed by atoms with E-state index in [0.717, 1.165) is 5.56 Å². The number of H-pyrrole nitrogens is 1. The highest BCUT2D eigenvalue weighted by molar-refractivity contribution is 6.19. The van der Waals surface area contributed by atoms with Gasteiger partial charge >= 0.3 is 0 Å². The molecule has 0 saturated carbocycles. The number of halogens is 1. The molecule has 0 aliphatic rings. The predicted octanol–water partition coefficient (Wildman–Crippen LogP) is 4.34. The fourth-order valence-corrected chi connectivity index (χ4v) is 3.06. The van der Waals surface area contributed by atoms with Crippen LogP contribution < -0.4 is 0 Å². The van der Waals surface area contributed by atoms with Gasteiger partial charge in [0, 0.05) is 34.4 Å². The van der Waals surface area contributed by atoms with E-state index in [9.17, 15) is 14.4 Å². The molecular formula is C22H15FN4O. The summed E-state index contributed by atoms with van der Waals surface area (Å²) in [7, 11) is 0. The Hall–Kier alpha value is -3.98. The molecule has 0 aliphatic heterocycles. The zero-order valence-corrected chi connectivity index (χ0v) is 14.8. The van der Waals surface area contributed by atoms with Gasteiger partial charge in [-0.05, 0) is 29.8 Å². The average Bonchev–Trinajstić information content (AvgIpc) is 3.32. The zero-order valence-electron chi connectivity index (χ0n) is 14.8. The molecule has 4 aromatic rings. The van der Waals surface area contributed by atoms with Crippen molar-refractivity contribution in [2.75, 3.05) is 0 Å². The van der Waals surface area contributed by atoms with Gasteiger partial charge in [0.2, 0.25) is 5.78 Å². The third-order valence-electron chi connectivity index (χ3n) is 4.41. The van der Waals surface area contributed by atoms with Crippen molar-refractivity contribution < 1.29 is 9.18 Å². The highest BCUT2D eigenvalue weighted by atomic mass is 19.1. The maximum atomic E-state index is 13.3. The standard InChI is InChI=1S/C22H15FN4O/c23-18-6-7-19-20(12-25-21(19)9-18)22(28)17(10-24)8-16-11-26-27(14-16)13-15-4-2-1-3-5-15/h1-9,11-12,14,25H,13H2/b17-8-. The Kier molecular flexibility index (Phi) is 4.56. The van der Waals surface area contributed by atoms with Gasteiger partial charge in [0.15, 0.2) is 0 Å². The molecule has 0 saturated heterocycles. The number of aromatic amines is 1. The minimum Gasteiger partial charge on any atom is -0.360 e. The molecule has 2 aromatic carbocycles. The van der Waals surface area contributed by atoms with Crippen LogP contribution in [0.2, 0.25) is 0 Å². The highest BCUT2D eigenvalue weighted by Crippen LogP contribution is 2.22. The lowest BCUT2D eigenvalue weighted by atomic mass is 10.0. The maximum absolute atomic E-state index is 13.3. The van der Waals surface area contributed by atoms with Crippen molar-refractivity contribution in [2.24, 2.45) is 0 Å². The molecule has 1 N–H and O–H groups in total. The molecule has 5 nitrogen and oxygen atoms in total. The summed E-state index contributed by atoms with van der Waals surface area (Å²) in [4.78, 5) is 15.7. The van der Waals surface area contributed by atoms with Crippen molar-refractivity contribution in [2.45, 2.75) is 6.54 Å². The van der Waals surface area contributed by atoms with Crippen LogP contribution in [-0.4, -0.2) is 20.5 Å². The molecule has 28 heavy (non-hydrogen) atoms. The van der Waals surface area contributed by atoms with Crippen LogP contribution in [-0.2, 0) is 6.54 Å². The first-order valence-corrected chi connectivity index (χ1v) is 8.63. The molecule has 0 amide bonds. The number of hydrogen-bond acceptors (Lipinski definition) is 3. The van der Waals surface area contributed by atoms with E-state index in [0.29, 0.717) is 28.6 Å². The number of Topliss-reactive ketones (excluding diaryl/α,β-unsaturated/α-hetero) is 1. The summed E-state index contributed by atoms with van der Waals surface area (Å²) in [5.41, 5.74) is 2.59. The Balaban J connectivity index is 1.60. The second kappa shape index (κ2) is 7.33. The number of nitriles is 1. The Morgan fingerprint density at radius 3 is 2.86 bits per heavy atom. The number of carbonyl (C=O) groups excluding carboxylic acids is 1. The molecule has 0 fully saturated rings. The van der Waals surface area contributed by atoms with Gasteiger partial charge in [-0.25, -0.2) is 4.39 Å². The van der Waals surface area contributed by atoms with E-state index < -0.39 is 11.6 Å². The molecule has 136 valence electrons. The van der Waals surface area contributed by atoms with Gasteiger partial charge in [0.1, 0.15) is 17.5 Å². The minimum absolute atomic E-state index is 0.00974. The second-order valence-electron chi connectivity index (χ2n) is 6.35. The van der Waals surface area contributed by atoms with Crippen LogP contribution in [0.5, 0.6) is 0 Å². The van der Waals surface area contributed by atoms with Crippen LogP contribution >= 0.6 is 0 Å². The van der Waals surface area contributed by atoms with E-state index in [-0.39, 0.29) is 5.57 Å². The lowest BCUT2D eigenvalue weighted by molar-refractivity contribution is 0.104. The summed E-state index contributed by atoms with van der Waals surface area (Å²) in [5.74, 6) is -0.814. The number of nitrogens with one attached hydrogen (secondary N) is 1. The lowest BCUT2D eigenvalue weighted by Crippen LogP contribution is -2.01. The number of benzene rings is 2. The number of allylic oxidation sites excluding steroid dienone is 1. The van der Waals surface area contributed by atoms with Gasteiger partial charge in [0.05, 0.1) is 12.7 Å². The summed E-state index contributed by atoms with van der Waals surface area (Å²) < 4.78 is 15.1. The largest absolute Gasteiger partial charge is 0.360 e. The fraction of sp³-hybridized carbons (Fsp3) is 0.0455. The fourth-order valence-electron chi connectivity index (χ4n) is 3.06. The van der Waals surface area contributed by atoms with Crippen molar-refractivity contribution in [3.8, 4) is 6.07 Å². The quantitative estimate of drug-likeness (QED) is 0.323. The SMILES string of the molecule is N#C/C(=C/c1cnn(Cc2ccccc2)c1)C(=O)c1c[nH]c2cc(F)ccc12. The molecule has 2 heterocycles. The number of nitrogens with zero attached hydrogens (tertiary/aromatic N) is 3. The van der Waals surface area contributed by atoms with E-state index >= 15 is 0 Å². The average molecular weight is 370 g/mol. The molecule has 2 aromatic heterocycles. The molecule has 0 spiro atoms. The molecule has 0 atom stereocenters. The molecular weight excluding hydrogens is 355 g/mol. The summed E-state index contributed by atoms with van der Waals surface area (Å²) in [6.45, 7) is 0.596. The van der Waals surface area contributed by atoms with Gasteiger partial charge < -0.3 is 4.98 Å². The van der Waals surface area contributed by atoms with Crippen LogP contribution in [0.3, 0.4) is 0 Å². The zero-order chi connectivity index (χ0) is 19.5. The smallest absolute Gasteiger partial charge is 0.205 e. The highest BCUT2D eigenvalue weighted by Gasteiger charge is 2.17. The monoisotopic (exact) mass is 370 g/mol. The number of rotatable bonds is 5. The Bertz CT molecular complexity index is 1230. The van der Waals surface area contributed by atoms with Gasteiger partial charge in [-0.1, -0.05) is 30.3 Å². The van der Waals surface area contributed by atoms with E-state index in [1.54, 1.807) is 17.1 Å². The van der Waals surface area contributed by atoms with Crippen LogP contribution in [0.15, 0.2) is 72.7 Å². The number of fused-ring (bicyclic) bond motifs is 1. The van der Waals surface area contributed by atoms with Gasteiger partial charge in [-0.3, -0.25) is 9.48 Å². The normalized spacial score (nSPS) is 11.5. The van der Waals surface area contributed by atoms with Gasteiger partial charge in [-0.2, -0.15) is 10.4 Å². The minimum atomic E-state index is -0.420. The van der Waals surface area contributed by atoms with Crippen molar-refractivity contribution in [1.29, 1.82) is 5.26 Å². The molecule has 6 heteroatoms. The third kappa shape index (κ3) is 3.46. The summed E-state index contributed by atoms with van der Waals surface area (Å²) in [6.07, 6.45) is 6.40. The van der Waals surface area contributed by atoms with Crippen molar-refractivity contribution in [3.05, 3.63) is 95.2 Å². The van der Waals surface area contributed by atoms with Crippen molar-refractivity contribution in [3.63, 3.8) is 0 Å². The molecule has 4 rings (SSSR count). The van der Waals surface area contributed by atoms with E-state index in [1.807, 2.05) is 36.4 Å². The number of aromatic nitrogens is 3. The van der Waals surface area contributed by atoms with Crippen LogP contribution in [0.25, 0.3) is 17.0 Å². The third-order valence-corrected chi connectivity index (χ3v) is 4.41. The first kappa shape index (κ1) is 17.4. The number of ketones is 1. The molecule has 0 aliphatic carbocycles. The first-order chi connectivity index (χ1) is 13.6. The van der Waals surface area contributed by atoms with Crippen molar-refractivity contribution in [1.82, 2.24) is 14.8 Å². The first-order valence-electron chi connectivity index (χ1n) is 8.63. The van der Waals surface area contributed by atoms with Gasteiger partial charge in [-0.15, -0.1) is 0 Å². The predicted molar refractivity (Wildman–Crippen MR) is 104 cm³/mol. The Labute approximate surface area is 160 Å². The van der Waals surface area contributed by atoms with Gasteiger partial charge in [0.25, 0.3) is 0 Å². The van der Waals surface area contributed by atoms with Crippen LogP contribution in [0, 0.1) is 17.1 Å². The Morgan fingerprint density at radius 1 is 1.25 bits per heavy atom. The molecule has 0 bridgehead atoms. The number of hydrogen-bond donors (Lipinski definition) is 1. The second-order valence-corrected chi connectivity index (χ2v) is 6.35. The summed E-state index contributed by atoms with van der Waals surface area (Å²) in [6, 6.07) is 16.0. The molecule has 0 radical (unpaired) electrons. The Morgan fingerprint density at radius 2 is 2.07 bits per heavy atom. The summed E-state index contributed by atoms with van der Waals surface area (Å²) >= 11 is 0. The molecule has 0 unspecified atom stereocenters. The summed E-state index contributed by atoms with van der Waals surface area (Å²) in [5, 5.41) is 14.3. The van der Waals surface area contributed by atoms with E-state index in [4.69, 9.17) is 0 Å². The van der Waals surface area contributed by atoms with E-state index in [2.05, 4.69) is 10.1 Å². The maximum Gasteiger partial charge on any atom is 0.205 e. The topological polar surface area (TPSA) is 74.5 Å².